The van der Waals surface area contributed by atoms with Gasteiger partial charge in [0.2, 0.25) is 0 Å². The number of para-hydroxylation sites is 2. The van der Waals surface area contributed by atoms with Crippen LogP contribution in [0, 0.1) is 0 Å². The van der Waals surface area contributed by atoms with Gasteiger partial charge in [-0.15, -0.1) is 0 Å². The lowest BCUT2D eigenvalue weighted by Gasteiger charge is -2.49. The van der Waals surface area contributed by atoms with Crippen LogP contribution in [0.4, 0.5) is 11.4 Å². The number of carbonyl (C=O) groups excluding carboxylic acids is 2. The van der Waals surface area contributed by atoms with E-state index in [9.17, 15) is 9.59 Å². The summed E-state index contributed by atoms with van der Waals surface area (Å²) >= 11 is 0. The van der Waals surface area contributed by atoms with Crippen molar-refractivity contribution in [2.75, 3.05) is 9.80 Å². The maximum absolute atomic E-state index is 14.4. The molecular formula is C35H30N2O2. The van der Waals surface area contributed by atoms with E-state index in [1.807, 2.05) is 60.7 Å². The highest BCUT2D eigenvalue weighted by Crippen LogP contribution is 2.44. The first kappa shape index (κ1) is 24.6. The number of rotatable bonds is 7. The lowest BCUT2D eigenvalue weighted by atomic mass is 9.91. The molecule has 6 rings (SSSR count). The Morgan fingerprint density at radius 2 is 1.03 bits per heavy atom. The monoisotopic (exact) mass is 510 g/mol. The Morgan fingerprint density at radius 1 is 0.615 bits per heavy atom. The highest BCUT2D eigenvalue weighted by Gasteiger charge is 2.42. The number of hydrogen-bond acceptors (Lipinski definition) is 4. The van der Waals surface area contributed by atoms with Crippen LogP contribution < -0.4 is 9.80 Å². The van der Waals surface area contributed by atoms with E-state index in [1.165, 1.54) is 6.92 Å². The lowest BCUT2D eigenvalue weighted by Crippen LogP contribution is -2.57. The van der Waals surface area contributed by atoms with Crippen LogP contribution in [-0.4, -0.2) is 17.7 Å². The summed E-state index contributed by atoms with van der Waals surface area (Å²) in [5.41, 5.74) is 6.19. The lowest BCUT2D eigenvalue weighted by molar-refractivity contribution is -0.126. The quantitative estimate of drug-likeness (QED) is 0.243. The van der Waals surface area contributed by atoms with Crippen molar-refractivity contribution in [2.45, 2.75) is 31.6 Å². The first-order valence-electron chi connectivity index (χ1n) is 13.3. The Bertz CT molecular complexity index is 1450. The maximum Gasteiger partial charge on any atom is 0.183 e. The molecule has 0 spiro atoms. The average molecular weight is 511 g/mol. The number of benzene rings is 4. The minimum atomic E-state index is -0.735. The van der Waals surface area contributed by atoms with Gasteiger partial charge in [0.15, 0.2) is 11.9 Å². The first-order valence-corrected chi connectivity index (χ1v) is 13.3. The molecule has 2 aliphatic heterocycles. The Balaban J connectivity index is 1.60. The molecule has 0 aliphatic carbocycles. The molecule has 2 aliphatic rings. The second-order valence-corrected chi connectivity index (χ2v) is 10.1. The molecule has 0 saturated carbocycles. The molecule has 4 heteroatoms. The summed E-state index contributed by atoms with van der Waals surface area (Å²) in [6.45, 7) is 1.49. The predicted octanol–water partition coefficient (Wildman–Crippen LogP) is 7.41. The van der Waals surface area contributed by atoms with Gasteiger partial charge in [0.05, 0.1) is 18.5 Å². The smallest absolute Gasteiger partial charge is 0.183 e. The summed E-state index contributed by atoms with van der Waals surface area (Å²) in [6.07, 6.45) is 7.72. The van der Waals surface area contributed by atoms with Crippen LogP contribution in [0.2, 0.25) is 0 Å². The van der Waals surface area contributed by atoms with Crippen molar-refractivity contribution in [2.24, 2.45) is 0 Å². The second-order valence-electron chi connectivity index (χ2n) is 10.1. The van der Waals surface area contributed by atoms with Gasteiger partial charge in [-0.1, -0.05) is 121 Å². The highest BCUT2D eigenvalue weighted by molar-refractivity contribution is 6.04. The number of anilines is 2. The second kappa shape index (κ2) is 10.6. The van der Waals surface area contributed by atoms with Crippen LogP contribution in [-0.2, 0) is 9.59 Å². The van der Waals surface area contributed by atoms with Gasteiger partial charge in [0.25, 0.3) is 0 Å². The Kier molecular flexibility index (Phi) is 6.68. The van der Waals surface area contributed by atoms with Crippen LogP contribution in [0.5, 0.6) is 0 Å². The van der Waals surface area contributed by atoms with Gasteiger partial charge >= 0.3 is 0 Å². The third kappa shape index (κ3) is 4.70. The summed E-state index contributed by atoms with van der Waals surface area (Å²) in [7, 11) is 0. The molecule has 4 nitrogen and oxygen atoms in total. The van der Waals surface area contributed by atoms with Crippen molar-refractivity contribution < 1.29 is 9.59 Å². The first-order chi connectivity index (χ1) is 19.1. The fraction of sp³-hybridized carbons (Fsp3) is 0.143. The van der Waals surface area contributed by atoms with Gasteiger partial charge in [0, 0.05) is 11.4 Å². The largest absolute Gasteiger partial charge is 0.334 e. The molecule has 4 aromatic carbocycles. The number of fused-ring (bicyclic) bond motifs is 2. The van der Waals surface area contributed by atoms with Gasteiger partial charge in [-0.25, -0.2) is 0 Å². The van der Waals surface area contributed by atoms with E-state index in [0.717, 1.165) is 33.6 Å². The maximum atomic E-state index is 14.4. The highest BCUT2D eigenvalue weighted by atomic mass is 16.2. The molecule has 192 valence electrons. The standard InChI is InChI=1S/C35H30N2O2/c1-25(38)24-34(39)35(36-30-18-10-8-16-28(30)20-22-32(36)26-12-4-2-5-13-26)37-31-19-11-9-17-29(31)21-23-33(37)27-14-6-3-7-15-27/h2-23,32-33,35H,24H2,1H3. The van der Waals surface area contributed by atoms with E-state index >= 15 is 0 Å². The van der Waals surface area contributed by atoms with Crippen molar-refractivity contribution in [1.82, 2.24) is 0 Å². The van der Waals surface area contributed by atoms with Gasteiger partial charge < -0.3 is 9.80 Å². The number of carbonyl (C=O) groups is 2. The minimum absolute atomic E-state index is 0.125. The van der Waals surface area contributed by atoms with E-state index in [4.69, 9.17) is 0 Å². The van der Waals surface area contributed by atoms with Crippen molar-refractivity contribution in [3.05, 3.63) is 144 Å². The molecule has 0 amide bonds. The molecule has 0 radical (unpaired) electrons. The summed E-state index contributed by atoms with van der Waals surface area (Å²) in [4.78, 5) is 31.2. The Labute approximate surface area is 229 Å². The van der Waals surface area contributed by atoms with E-state index in [2.05, 4.69) is 82.6 Å². The fourth-order valence-corrected chi connectivity index (χ4v) is 5.79. The summed E-state index contributed by atoms with van der Waals surface area (Å²) in [5, 5.41) is 0. The molecule has 0 fully saturated rings. The fourth-order valence-electron chi connectivity index (χ4n) is 5.79. The summed E-state index contributed by atoms with van der Waals surface area (Å²) in [6, 6.07) is 36.5. The molecule has 2 unspecified atom stereocenters. The Morgan fingerprint density at radius 3 is 1.46 bits per heavy atom. The average Bonchev–Trinajstić information content (AvgIpc) is 2.98. The summed E-state index contributed by atoms with van der Waals surface area (Å²) < 4.78 is 0. The van der Waals surface area contributed by atoms with Gasteiger partial charge in [-0.3, -0.25) is 9.59 Å². The zero-order valence-electron chi connectivity index (χ0n) is 21.9. The van der Waals surface area contributed by atoms with Gasteiger partial charge in [-0.05, 0) is 41.3 Å². The minimum Gasteiger partial charge on any atom is -0.334 e. The van der Waals surface area contributed by atoms with E-state index < -0.39 is 6.17 Å². The normalized spacial score (nSPS) is 18.3. The van der Waals surface area contributed by atoms with Gasteiger partial charge in [-0.2, -0.15) is 0 Å². The van der Waals surface area contributed by atoms with E-state index in [-0.39, 0.29) is 30.1 Å². The molecular weight excluding hydrogens is 480 g/mol. The number of Topliss-reactive ketones (excluding diaryl/α,β-unsaturated/α-hetero) is 2. The third-order valence-corrected chi connectivity index (χ3v) is 7.47. The van der Waals surface area contributed by atoms with Crippen LogP contribution in [0.15, 0.2) is 121 Å². The van der Waals surface area contributed by atoms with Crippen LogP contribution in [0.1, 0.15) is 47.7 Å². The molecule has 0 N–H and O–H groups in total. The third-order valence-electron chi connectivity index (χ3n) is 7.47. The zero-order chi connectivity index (χ0) is 26.8. The molecule has 0 saturated heterocycles. The van der Waals surface area contributed by atoms with Crippen LogP contribution >= 0.6 is 0 Å². The number of nitrogens with zero attached hydrogens (tertiary/aromatic N) is 2. The summed E-state index contributed by atoms with van der Waals surface area (Å²) in [5.74, 6) is -0.265. The topological polar surface area (TPSA) is 40.6 Å². The molecule has 0 bridgehead atoms. The predicted molar refractivity (Wildman–Crippen MR) is 158 cm³/mol. The molecule has 0 aromatic heterocycles. The SMILES string of the molecule is CC(=O)CC(=O)C(N1c2ccccc2C=CC1c1ccccc1)N1c2ccccc2C=CC1c1ccccc1. The van der Waals surface area contributed by atoms with Crippen molar-refractivity contribution in [3.8, 4) is 0 Å². The van der Waals surface area contributed by atoms with E-state index in [1.54, 1.807) is 0 Å². The zero-order valence-corrected chi connectivity index (χ0v) is 21.9. The van der Waals surface area contributed by atoms with Crippen molar-refractivity contribution >= 4 is 35.1 Å². The molecule has 4 aromatic rings. The number of ketones is 2. The van der Waals surface area contributed by atoms with Crippen molar-refractivity contribution in [1.29, 1.82) is 0 Å². The Hall–Kier alpha value is -4.70. The number of hydrogen-bond donors (Lipinski definition) is 0. The van der Waals surface area contributed by atoms with Gasteiger partial charge in [0.1, 0.15) is 5.78 Å². The van der Waals surface area contributed by atoms with Crippen LogP contribution in [0.25, 0.3) is 12.2 Å². The molecule has 2 heterocycles. The van der Waals surface area contributed by atoms with E-state index in [0.29, 0.717) is 0 Å². The van der Waals surface area contributed by atoms with Crippen molar-refractivity contribution in [3.63, 3.8) is 0 Å². The van der Waals surface area contributed by atoms with Crippen LogP contribution in [0.3, 0.4) is 0 Å². The molecule has 2 atom stereocenters. The molecule has 39 heavy (non-hydrogen) atoms.